The van der Waals surface area contributed by atoms with Crippen LogP contribution in [0.3, 0.4) is 0 Å². The molecule has 1 fully saturated rings. The molecule has 0 bridgehead atoms. The molecule has 0 N–H and O–H groups in total. The van der Waals surface area contributed by atoms with E-state index in [0.29, 0.717) is 22.8 Å². The van der Waals surface area contributed by atoms with Crippen molar-refractivity contribution in [1.82, 2.24) is 9.80 Å². The van der Waals surface area contributed by atoms with Crippen LogP contribution in [0, 0.1) is 16.0 Å². The summed E-state index contributed by atoms with van der Waals surface area (Å²) in [4.78, 5) is 38.6. The lowest BCUT2D eigenvalue weighted by molar-refractivity contribution is -0.384. The predicted octanol–water partition coefficient (Wildman–Crippen LogP) is 2.04. The van der Waals surface area contributed by atoms with Crippen LogP contribution in [-0.2, 0) is 9.59 Å². The number of non-ortho nitro benzene ring substituents is 1. The predicted molar refractivity (Wildman–Crippen MR) is 87.8 cm³/mol. The Hall–Kier alpha value is -2.70. The van der Waals surface area contributed by atoms with Crippen molar-refractivity contribution in [3.8, 4) is 0 Å². The summed E-state index contributed by atoms with van der Waals surface area (Å²) in [5.74, 6) is -0.206. The van der Waals surface area contributed by atoms with Gasteiger partial charge in [-0.3, -0.25) is 24.6 Å². The van der Waals surface area contributed by atoms with E-state index in [0.717, 1.165) is 30.8 Å². The van der Waals surface area contributed by atoms with Crippen LogP contribution in [0.25, 0.3) is 5.57 Å². The number of benzene rings is 1. The first-order valence-corrected chi connectivity index (χ1v) is 7.96. The van der Waals surface area contributed by atoms with Gasteiger partial charge in [0.2, 0.25) is 0 Å². The fourth-order valence-corrected chi connectivity index (χ4v) is 3.32. The second kappa shape index (κ2) is 6.07. The SMILES string of the molecule is CC1CCCN(C2=C(c3ccc([N+](=O)[O-])cc3)C(=O)N(C)C2=O)C1. The lowest BCUT2D eigenvalue weighted by Crippen LogP contribution is -2.38. The summed E-state index contributed by atoms with van der Waals surface area (Å²) in [6.07, 6.45) is 2.08. The number of likely N-dealkylation sites (N-methyl/N-ethyl adjacent to an activating group) is 1. The second-order valence-electron chi connectivity index (χ2n) is 6.39. The van der Waals surface area contributed by atoms with Gasteiger partial charge in [-0.2, -0.15) is 0 Å². The van der Waals surface area contributed by atoms with Gasteiger partial charge in [-0.25, -0.2) is 0 Å². The molecular formula is C17H19N3O4. The normalized spacial score (nSPS) is 21.7. The molecule has 0 spiro atoms. The Labute approximate surface area is 139 Å². The van der Waals surface area contributed by atoms with Crippen molar-refractivity contribution in [2.24, 2.45) is 5.92 Å². The molecule has 24 heavy (non-hydrogen) atoms. The van der Waals surface area contributed by atoms with Crippen LogP contribution in [0.1, 0.15) is 25.3 Å². The molecule has 0 aliphatic carbocycles. The van der Waals surface area contributed by atoms with E-state index in [9.17, 15) is 19.7 Å². The topological polar surface area (TPSA) is 83.8 Å². The Balaban J connectivity index is 2.06. The lowest BCUT2D eigenvalue weighted by Gasteiger charge is -2.33. The number of amides is 2. The van der Waals surface area contributed by atoms with E-state index >= 15 is 0 Å². The van der Waals surface area contributed by atoms with Crippen molar-refractivity contribution in [1.29, 1.82) is 0 Å². The molecule has 0 radical (unpaired) electrons. The number of piperidine rings is 1. The number of imide groups is 1. The number of carbonyl (C=O) groups is 2. The molecule has 3 rings (SSSR count). The van der Waals surface area contributed by atoms with Crippen molar-refractivity contribution in [2.75, 3.05) is 20.1 Å². The maximum atomic E-state index is 12.6. The van der Waals surface area contributed by atoms with Gasteiger partial charge < -0.3 is 4.90 Å². The highest BCUT2D eigenvalue weighted by molar-refractivity contribution is 6.35. The molecule has 1 aromatic carbocycles. The van der Waals surface area contributed by atoms with Crippen molar-refractivity contribution in [2.45, 2.75) is 19.8 Å². The fourth-order valence-electron chi connectivity index (χ4n) is 3.32. The number of hydrogen-bond donors (Lipinski definition) is 0. The molecule has 1 aromatic rings. The van der Waals surface area contributed by atoms with Gasteiger partial charge in [0.05, 0.1) is 10.5 Å². The van der Waals surface area contributed by atoms with Gasteiger partial charge in [0.1, 0.15) is 5.70 Å². The van der Waals surface area contributed by atoms with Crippen molar-refractivity contribution in [3.63, 3.8) is 0 Å². The molecule has 1 unspecified atom stereocenters. The van der Waals surface area contributed by atoms with Crippen LogP contribution in [0.5, 0.6) is 0 Å². The minimum Gasteiger partial charge on any atom is -0.366 e. The number of likely N-dealkylation sites (tertiary alicyclic amines) is 1. The van der Waals surface area contributed by atoms with Crippen molar-refractivity contribution in [3.05, 3.63) is 45.6 Å². The summed E-state index contributed by atoms with van der Waals surface area (Å²) >= 11 is 0. The quantitative estimate of drug-likeness (QED) is 0.481. The minimum atomic E-state index is -0.487. The monoisotopic (exact) mass is 329 g/mol. The Kier molecular flexibility index (Phi) is 4.09. The lowest BCUT2D eigenvalue weighted by atomic mass is 9.97. The number of carbonyl (C=O) groups excluding carboxylic acids is 2. The molecule has 7 heteroatoms. The van der Waals surface area contributed by atoms with Gasteiger partial charge in [0.15, 0.2) is 0 Å². The van der Waals surface area contributed by atoms with Crippen LogP contribution >= 0.6 is 0 Å². The van der Waals surface area contributed by atoms with E-state index in [1.54, 1.807) is 0 Å². The third kappa shape index (κ3) is 2.66. The third-order valence-corrected chi connectivity index (χ3v) is 4.60. The summed E-state index contributed by atoms with van der Waals surface area (Å²) in [5, 5.41) is 10.8. The zero-order chi connectivity index (χ0) is 17.4. The van der Waals surface area contributed by atoms with E-state index in [4.69, 9.17) is 0 Å². The van der Waals surface area contributed by atoms with Gasteiger partial charge in [-0.05, 0) is 36.5 Å². The first kappa shape index (κ1) is 16.2. The van der Waals surface area contributed by atoms with Crippen LogP contribution in [0.4, 0.5) is 5.69 Å². The fraction of sp³-hybridized carbons (Fsp3) is 0.412. The summed E-state index contributed by atoms with van der Waals surface area (Å²) in [6, 6.07) is 5.78. The Morgan fingerprint density at radius 2 is 1.83 bits per heavy atom. The molecule has 2 heterocycles. The van der Waals surface area contributed by atoms with Crippen LogP contribution in [-0.4, -0.2) is 46.7 Å². The number of hydrogen-bond acceptors (Lipinski definition) is 5. The van der Waals surface area contributed by atoms with Crippen molar-refractivity contribution >= 4 is 23.1 Å². The molecule has 1 saturated heterocycles. The number of nitro groups is 1. The van der Waals surface area contributed by atoms with Gasteiger partial charge >= 0.3 is 0 Å². The van der Waals surface area contributed by atoms with Gasteiger partial charge in [0.25, 0.3) is 17.5 Å². The highest BCUT2D eigenvalue weighted by Gasteiger charge is 2.40. The maximum Gasteiger partial charge on any atom is 0.277 e. The molecule has 7 nitrogen and oxygen atoms in total. The zero-order valence-corrected chi connectivity index (χ0v) is 13.7. The van der Waals surface area contributed by atoms with E-state index in [2.05, 4.69) is 6.92 Å². The standard InChI is InChI=1S/C17H19N3O4/c1-11-4-3-9-19(10-11)15-14(16(21)18(2)17(15)22)12-5-7-13(8-6-12)20(23)24/h5-8,11H,3-4,9-10H2,1-2H3. The smallest absolute Gasteiger partial charge is 0.277 e. The second-order valence-corrected chi connectivity index (χ2v) is 6.39. The van der Waals surface area contributed by atoms with Gasteiger partial charge in [0, 0.05) is 32.3 Å². The average molecular weight is 329 g/mol. The van der Waals surface area contributed by atoms with Crippen LogP contribution in [0.2, 0.25) is 0 Å². The largest absolute Gasteiger partial charge is 0.366 e. The number of nitrogens with zero attached hydrogens (tertiary/aromatic N) is 3. The highest BCUT2D eigenvalue weighted by atomic mass is 16.6. The summed E-state index contributed by atoms with van der Waals surface area (Å²) in [7, 11) is 1.47. The number of nitro benzene ring substituents is 1. The summed E-state index contributed by atoms with van der Waals surface area (Å²) in [5.41, 5.74) is 1.25. The molecule has 2 aliphatic rings. The highest BCUT2D eigenvalue weighted by Crippen LogP contribution is 2.33. The Morgan fingerprint density at radius 3 is 2.42 bits per heavy atom. The van der Waals surface area contributed by atoms with Crippen LogP contribution in [0.15, 0.2) is 30.0 Å². The molecule has 2 amide bonds. The van der Waals surface area contributed by atoms with Gasteiger partial charge in [-0.15, -0.1) is 0 Å². The molecular weight excluding hydrogens is 310 g/mol. The summed E-state index contributed by atoms with van der Waals surface area (Å²) in [6.45, 7) is 3.60. The third-order valence-electron chi connectivity index (χ3n) is 4.60. The van der Waals surface area contributed by atoms with Crippen LogP contribution < -0.4 is 0 Å². The Bertz CT molecular complexity index is 739. The van der Waals surface area contributed by atoms with Crippen molar-refractivity contribution < 1.29 is 14.5 Å². The minimum absolute atomic E-state index is 0.0439. The average Bonchev–Trinajstić information content (AvgIpc) is 2.79. The molecule has 2 aliphatic heterocycles. The maximum absolute atomic E-state index is 12.6. The van der Waals surface area contributed by atoms with E-state index in [1.165, 1.54) is 31.3 Å². The number of rotatable bonds is 3. The van der Waals surface area contributed by atoms with Gasteiger partial charge in [-0.1, -0.05) is 6.92 Å². The zero-order valence-electron chi connectivity index (χ0n) is 13.7. The van der Waals surface area contributed by atoms with E-state index < -0.39 is 4.92 Å². The molecule has 0 aromatic heterocycles. The molecule has 1 atom stereocenters. The van der Waals surface area contributed by atoms with E-state index in [1.807, 2.05) is 4.90 Å². The molecule has 0 saturated carbocycles. The Morgan fingerprint density at radius 1 is 1.17 bits per heavy atom. The molecule has 126 valence electrons. The first-order valence-electron chi connectivity index (χ1n) is 7.96. The summed E-state index contributed by atoms with van der Waals surface area (Å²) < 4.78 is 0. The first-order chi connectivity index (χ1) is 11.4. The van der Waals surface area contributed by atoms with E-state index in [-0.39, 0.29) is 17.5 Å².